The van der Waals surface area contributed by atoms with Gasteiger partial charge in [-0.1, -0.05) is 0 Å². The highest BCUT2D eigenvalue weighted by molar-refractivity contribution is 6.26. The van der Waals surface area contributed by atoms with Gasteiger partial charge in [0.1, 0.15) is 10.5 Å². The minimum Gasteiger partial charge on any atom is -0.511 e. The van der Waals surface area contributed by atoms with Gasteiger partial charge in [-0.05, 0) is 0 Å². The first-order chi connectivity index (χ1) is 3.65. The van der Waals surface area contributed by atoms with E-state index >= 15 is 0 Å². The number of hydrogen-bond donors (Lipinski definition) is 3. The second kappa shape index (κ2) is 10.1. The molecule has 0 aliphatic heterocycles. The third kappa shape index (κ3) is 157. The third-order valence-corrected chi connectivity index (χ3v) is 1.16. The van der Waals surface area contributed by atoms with Crippen LogP contribution in [0.2, 0.25) is 0 Å². The van der Waals surface area contributed by atoms with Crippen LogP contribution in [0.4, 0.5) is 0 Å². The summed E-state index contributed by atoms with van der Waals surface area (Å²) in [6.07, 6.45) is 0. The largest absolute Gasteiger partial charge is 0.761 e. The predicted octanol–water partition coefficient (Wildman–Crippen LogP) is -4.34. The Kier molecular flexibility index (Phi) is 13.7. The van der Waals surface area contributed by atoms with Crippen molar-refractivity contribution in [1.29, 1.82) is 0 Å². The van der Waals surface area contributed by atoms with Crippen LogP contribution in [0.3, 0.4) is 0 Å². The maximum atomic E-state index is 8.74. The fraction of sp³-hybridized carbons (Fsp3) is 0. The lowest BCUT2D eigenvalue weighted by atomic mass is 15.8. The SMILES string of the molecule is O=[Si](O)O.O[SiH2]O[SiH3]. The van der Waals surface area contributed by atoms with Crippen LogP contribution in [0.1, 0.15) is 0 Å². The molecule has 5 nitrogen and oxygen atoms in total. The van der Waals surface area contributed by atoms with Crippen molar-refractivity contribution in [2.24, 2.45) is 0 Å². The lowest BCUT2D eigenvalue weighted by Gasteiger charge is -1.75. The molecule has 0 rings (SSSR count). The first-order valence-corrected chi connectivity index (χ1v) is 4.99. The summed E-state index contributed by atoms with van der Waals surface area (Å²) in [5.74, 6) is 0. The molecule has 0 heterocycles. The van der Waals surface area contributed by atoms with E-state index in [0.29, 0.717) is 10.5 Å². The van der Waals surface area contributed by atoms with E-state index in [4.69, 9.17) is 18.8 Å². The normalized spacial score (nSPS) is 8.62. The van der Waals surface area contributed by atoms with E-state index in [2.05, 4.69) is 4.12 Å². The van der Waals surface area contributed by atoms with Crippen LogP contribution in [0.25, 0.3) is 0 Å². The Morgan fingerprint density at radius 2 is 1.75 bits per heavy atom. The molecule has 0 unspecified atom stereocenters. The molecule has 3 N–H and O–H groups in total. The van der Waals surface area contributed by atoms with Gasteiger partial charge in [0.2, 0.25) is 0 Å². The molecule has 0 aromatic carbocycles. The molecule has 0 aliphatic carbocycles. The molecule has 0 aromatic rings. The summed E-state index contributed by atoms with van der Waals surface area (Å²) in [7, 11) is -3.44. The van der Waals surface area contributed by atoms with Crippen LogP contribution in [0, 0.1) is 0 Å². The van der Waals surface area contributed by atoms with Crippen molar-refractivity contribution in [2.45, 2.75) is 0 Å². The second-order valence-corrected chi connectivity index (χ2v) is 3.83. The number of rotatable bonds is 1. The third-order valence-electron chi connectivity index (χ3n) is 0.129. The predicted molar refractivity (Wildman–Crippen MR) is 32.7 cm³/mol. The standard InChI is InChI=1S/H2O3Si.H6O2Si2/c1-4(2)3;1-4-2-3/h1-2H;1H,4H2,3H3. The summed E-state index contributed by atoms with van der Waals surface area (Å²) in [6.45, 7) is 0. The Bertz CT molecular complexity index is 45.6. The molecule has 0 spiro atoms. The molecule has 0 fully saturated rings. The first-order valence-electron chi connectivity index (χ1n) is 1.66. The van der Waals surface area contributed by atoms with E-state index in [9.17, 15) is 0 Å². The van der Waals surface area contributed by atoms with Gasteiger partial charge in [-0.25, -0.2) is 0 Å². The molecule has 0 saturated carbocycles. The van der Waals surface area contributed by atoms with Gasteiger partial charge in [0, 0.05) is 0 Å². The maximum Gasteiger partial charge on any atom is 0.761 e. The maximum absolute atomic E-state index is 8.74. The Hall–Kier alpha value is -0.0294. The van der Waals surface area contributed by atoms with Crippen LogP contribution in [-0.4, -0.2) is 44.0 Å². The van der Waals surface area contributed by atoms with Crippen molar-refractivity contribution in [2.75, 3.05) is 0 Å². The first kappa shape index (κ1) is 10.9. The van der Waals surface area contributed by atoms with Crippen LogP contribution in [-0.2, 0) is 8.58 Å². The van der Waals surface area contributed by atoms with E-state index in [-0.39, 0.29) is 0 Å². The highest BCUT2D eigenvalue weighted by Crippen LogP contribution is 1.37. The van der Waals surface area contributed by atoms with Crippen molar-refractivity contribution in [1.82, 2.24) is 0 Å². The van der Waals surface area contributed by atoms with E-state index in [1.165, 1.54) is 0 Å². The minimum absolute atomic E-state index is 0.701. The van der Waals surface area contributed by atoms with Crippen LogP contribution in [0.15, 0.2) is 0 Å². The summed E-state index contributed by atoms with van der Waals surface area (Å²) in [5.41, 5.74) is 0. The van der Waals surface area contributed by atoms with Gasteiger partial charge in [-0.2, -0.15) is 0 Å². The van der Waals surface area contributed by atoms with Gasteiger partial charge < -0.3 is 18.5 Å². The van der Waals surface area contributed by atoms with Crippen LogP contribution >= 0.6 is 0 Å². The van der Waals surface area contributed by atoms with Crippen LogP contribution in [0.5, 0.6) is 0 Å². The average Bonchev–Trinajstić information content (AvgIpc) is 1.65. The Balaban J connectivity index is 0. The Morgan fingerprint density at radius 3 is 1.75 bits per heavy atom. The van der Waals surface area contributed by atoms with Gasteiger partial charge in [0.25, 0.3) is 10.0 Å². The molecule has 0 bridgehead atoms. The van der Waals surface area contributed by atoms with E-state index < -0.39 is 19.2 Å². The van der Waals surface area contributed by atoms with Gasteiger partial charge >= 0.3 is 9.17 Å². The Morgan fingerprint density at radius 1 is 1.62 bits per heavy atom. The number of hydrogen-bond acceptors (Lipinski definition) is 3. The molecule has 0 aliphatic rings. The summed E-state index contributed by atoms with van der Waals surface area (Å²) in [6, 6.07) is 0. The zero-order chi connectivity index (χ0) is 6.99. The summed E-state index contributed by atoms with van der Waals surface area (Å²) >= 11 is 0. The summed E-state index contributed by atoms with van der Waals surface area (Å²) in [5, 5.41) is 0. The average molecular weight is 172 g/mol. The van der Waals surface area contributed by atoms with Crippen molar-refractivity contribution in [3.8, 4) is 0 Å². The lowest BCUT2D eigenvalue weighted by Crippen LogP contribution is -1.90. The van der Waals surface area contributed by atoms with E-state index in [1.807, 2.05) is 0 Å². The van der Waals surface area contributed by atoms with Gasteiger partial charge in [0.15, 0.2) is 0 Å². The second-order valence-electron chi connectivity index (χ2n) is 0.700. The highest BCUT2D eigenvalue weighted by Gasteiger charge is 1.85. The van der Waals surface area contributed by atoms with Crippen molar-refractivity contribution < 1.29 is 23.0 Å². The van der Waals surface area contributed by atoms with Gasteiger partial charge in [-0.15, -0.1) is 0 Å². The molecule has 0 saturated heterocycles. The molecule has 0 amide bonds. The van der Waals surface area contributed by atoms with E-state index in [1.54, 1.807) is 0 Å². The zero-order valence-electron chi connectivity index (χ0n) is 4.37. The topological polar surface area (TPSA) is 87.0 Å². The molecular formula is H8O5Si3. The molecular weight excluding hydrogens is 164 g/mol. The smallest absolute Gasteiger partial charge is 0.511 e. The molecule has 8 heavy (non-hydrogen) atoms. The van der Waals surface area contributed by atoms with E-state index in [0.717, 1.165) is 0 Å². The monoisotopic (exact) mass is 172 g/mol. The zero-order valence-corrected chi connectivity index (χ0v) is 8.78. The summed E-state index contributed by atoms with van der Waals surface area (Å²) in [4.78, 5) is 22.1. The fourth-order valence-electron chi connectivity index (χ4n) is 0. The quantitative estimate of drug-likeness (QED) is 0.348. The van der Waals surface area contributed by atoms with Crippen LogP contribution < -0.4 is 0 Å². The lowest BCUT2D eigenvalue weighted by molar-refractivity contribution is 0.330. The van der Waals surface area contributed by atoms with Gasteiger partial charge in [0.05, 0.1) is 0 Å². The molecule has 0 atom stereocenters. The van der Waals surface area contributed by atoms with Crippen molar-refractivity contribution >= 4 is 29.7 Å². The molecule has 50 valence electrons. The van der Waals surface area contributed by atoms with Crippen molar-refractivity contribution in [3.63, 3.8) is 0 Å². The molecule has 0 aromatic heterocycles. The summed E-state index contributed by atoms with van der Waals surface area (Å²) < 4.78 is 13.1. The minimum atomic E-state index is -3.13. The molecule has 0 radical (unpaired) electrons. The highest BCUT2D eigenvalue weighted by atomic mass is 28.3. The van der Waals surface area contributed by atoms with Gasteiger partial charge in [-0.3, -0.25) is 4.46 Å². The Labute approximate surface area is 53.4 Å². The van der Waals surface area contributed by atoms with Crippen molar-refractivity contribution in [3.05, 3.63) is 0 Å². The molecule has 8 heteroatoms. The fourth-order valence-corrected chi connectivity index (χ4v) is 0.